The minimum absolute atomic E-state index is 0.362. The normalized spacial score (nSPS) is 10.9. The number of unbranched alkanes of at least 4 members (excludes halogenated alkanes) is 7. The molecule has 0 aliphatic carbocycles. The number of aliphatic imine (C=N–C) groups is 1. The largest absolute Gasteiger partial charge is 0.465 e. The van der Waals surface area contributed by atoms with Crippen molar-refractivity contribution in [2.75, 3.05) is 13.7 Å². The summed E-state index contributed by atoms with van der Waals surface area (Å²) >= 11 is 0. The van der Waals surface area contributed by atoms with Crippen LogP contribution in [0.1, 0.15) is 58.3 Å². The molecule has 0 bridgehead atoms. The van der Waals surface area contributed by atoms with E-state index in [1.165, 1.54) is 58.3 Å². The average molecular weight is 227 g/mol. The van der Waals surface area contributed by atoms with Gasteiger partial charge >= 0.3 is 5.97 Å². The molecule has 0 radical (unpaired) electrons. The van der Waals surface area contributed by atoms with Crippen LogP contribution in [0.4, 0.5) is 0 Å². The van der Waals surface area contributed by atoms with Crippen LogP contribution in [0, 0.1) is 0 Å². The molecule has 0 heterocycles. The number of methoxy groups -OCH3 is 1. The Bertz CT molecular complexity index is 190. The fourth-order valence-corrected chi connectivity index (χ4v) is 1.53. The van der Waals surface area contributed by atoms with Gasteiger partial charge in [-0.05, 0) is 6.42 Å². The quantitative estimate of drug-likeness (QED) is 0.326. The van der Waals surface area contributed by atoms with Gasteiger partial charge in [0.2, 0.25) is 0 Å². The molecule has 0 aromatic rings. The molecule has 0 spiro atoms. The first-order valence-corrected chi connectivity index (χ1v) is 6.39. The van der Waals surface area contributed by atoms with Crippen LogP contribution in [0.15, 0.2) is 4.99 Å². The first kappa shape index (κ1) is 15.1. The molecule has 0 unspecified atom stereocenters. The highest BCUT2D eigenvalue weighted by Crippen LogP contribution is 2.08. The smallest absolute Gasteiger partial charge is 0.348 e. The van der Waals surface area contributed by atoms with Crippen molar-refractivity contribution in [2.45, 2.75) is 58.3 Å². The van der Waals surface area contributed by atoms with Crippen molar-refractivity contribution in [3.63, 3.8) is 0 Å². The molecule has 0 rings (SSSR count). The highest BCUT2D eigenvalue weighted by molar-refractivity contribution is 6.23. The second-order valence-electron chi connectivity index (χ2n) is 4.03. The lowest BCUT2D eigenvalue weighted by Gasteiger charge is -1.99. The van der Waals surface area contributed by atoms with Crippen molar-refractivity contribution < 1.29 is 9.53 Å². The first-order chi connectivity index (χ1) is 7.81. The lowest BCUT2D eigenvalue weighted by atomic mass is 10.1. The van der Waals surface area contributed by atoms with Gasteiger partial charge in [0.15, 0.2) is 0 Å². The van der Waals surface area contributed by atoms with Crippen LogP contribution in [0.25, 0.3) is 0 Å². The SMILES string of the molecule is CCCCCCCCCCN=CC(=O)OC. The molecule has 3 heteroatoms. The molecule has 0 aliphatic rings. The van der Waals surface area contributed by atoms with Gasteiger partial charge in [0.05, 0.1) is 7.11 Å². The van der Waals surface area contributed by atoms with E-state index in [0.29, 0.717) is 0 Å². The fraction of sp³-hybridized carbons (Fsp3) is 0.846. The summed E-state index contributed by atoms with van der Waals surface area (Å²) < 4.78 is 4.44. The summed E-state index contributed by atoms with van der Waals surface area (Å²) in [5.74, 6) is -0.362. The maximum absolute atomic E-state index is 10.7. The van der Waals surface area contributed by atoms with E-state index in [4.69, 9.17) is 0 Å². The molecule has 16 heavy (non-hydrogen) atoms. The minimum atomic E-state index is -0.362. The van der Waals surface area contributed by atoms with Gasteiger partial charge in [0.1, 0.15) is 6.21 Å². The van der Waals surface area contributed by atoms with Gasteiger partial charge in [-0.25, -0.2) is 4.79 Å². The summed E-state index contributed by atoms with van der Waals surface area (Å²) in [4.78, 5) is 14.7. The van der Waals surface area contributed by atoms with E-state index >= 15 is 0 Å². The molecule has 0 saturated heterocycles. The molecule has 0 aromatic heterocycles. The van der Waals surface area contributed by atoms with Crippen LogP contribution in [-0.4, -0.2) is 25.8 Å². The third kappa shape index (κ3) is 11.2. The van der Waals surface area contributed by atoms with E-state index in [-0.39, 0.29) is 5.97 Å². The number of ether oxygens (including phenoxy) is 1. The summed E-state index contributed by atoms with van der Waals surface area (Å²) in [6, 6.07) is 0. The molecule has 94 valence electrons. The van der Waals surface area contributed by atoms with Gasteiger partial charge in [-0.3, -0.25) is 4.99 Å². The zero-order valence-corrected chi connectivity index (χ0v) is 10.7. The van der Waals surface area contributed by atoms with Crippen LogP contribution >= 0.6 is 0 Å². The molecular weight excluding hydrogens is 202 g/mol. The first-order valence-electron chi connectivity index (χ1n) is 6.39. The standard InChI is InChI=1S/C13H25NO2/c1-3-4-5-6-7-8-9-10-11-14-12-13(15)16-2/h12H,3-11H2,1-2H3. The van der Waals surface area contributed by atoms with E-state index in [1.54, 1.807) is 0 Å². The van der Waals surface area contributed by atoms with E-state index in [9.17, 15) is 4.79 Å². The van der Waals surface area contributed by atoms with E-state index in [2.05, 4.69) is 16.7 Å². The number of esters is 1. The average Bonchev–Trinajstić information content (AvgIpc) is 2.31. The van der Waals surface area contributed by atoms with E-state index in [0.717, 1.165) is 13.0 Å². The Morgan fingerprint density at radius 2 is 1.62 bits per heavy atom. The number of carbonyl (C=O) groups is 1. The zero-order valence-electron chi connectivity index (χ0n) is 10.7. The Labute approximate surface area is 99.3 Å². The van der Waals surface area contributed by atoms with Crippen molar-refractivity contribution in [1.82, 2.24) is 0 Å². The van der Waals surface area contributed by atoms with Gasteiger partial charge in [0.25, 0.3) is 0 Å². The molecule has 0 aliphatic heterocycles. The maximum atomic E-state index is 10.7. The number of rotatable bonds is 10. The lowest BCUT2D eigenvalue weighted by Crippen LogP contribution is -2.01. The predicted molar refractivity (Wildman–Crippen MR) is 68.0 cm³/mol. The van der Waals surface area contributed by atoms with Crippen LogP contribution in [-0.2, 0) is 9.53 Å². The lowest BCUT2D eigenvalue weighted by molar-refractivity contribution is -0.132. The highest BCUT2D eigenvalue weighted by Gasteiger charge is 1.92. The third-order valence-corrected chi connectivity index (χ3v) is 2.54. The minimum Gasteiger partial charge on any atom is -0.465 e. The summed E-state index contributed by atoms with van der Waals surface area (Å²) in [7, 11) is 1.37. The van der Waals surface area contributed by atoms with Gasteiger partial charge in [-0.2, -0.15) is 0 Å². The van der Waals surface area contributed by atoms with Crippen molar-refractivity contribution in [3.05, 3.63) is 0 Å². The van der Waals surface area contributed by atoms with E-state index < -0.39 is 0 Å². The van der Waals surface area contributed by atoms with Crippen molar-refractivity contribution in [3.8, 4) is 0 Å². The number of hydrogen-bond acceptors (Lipinski definition) is 3. The third-order valence-electron chi connectivity index (χ3n) is 2.54. The topological polar surface area (TPSA) is 38.7 Å². The number of carbonyl (C=O) groups excluding carboxylic acids is 1. The Hall–Kier alpha value is -0.860. The molecule has 0 aromatic carbocycles. The van der Waals surface area contributed by atoms with Crippen LogP contribution in [0.3, 0.4) is 0 Å². The molecule has 0 N–H and O–H groups in total. The second-order valence-corrected chi connectivity index (χ2v) is 4.03. The van der Waals surface area contributed by atoms with Crippen molar-refractivity contribution in [1.29, 1.82) is 0 Å². The number of nitrogens with zero attached hydrogens (tertiary/aromatic N) is 1. The van der Waals surface area contributed by atoms with Crippen LogP contribution < -0.4 is 0 Å². The Morgan fingerprint density at radius 1 is 1.06 bits per heavy atom. The van der Waals surface area contributed by atoms with Gasteiger partial charge < -0.3 is 4.74 Å². The Balaban J connectivity index is 3.09. The number of hydrogen-bond donors (Lipinski definition) is 0. The summed E-state index contributed by atoms with van der Waals surface area (Å²) in [6.45, 7) is 2.98. The van der Waals surface area contributed by atoms with Gasteiger partial charge in [0, 0.05) is 6.54 Å². The van der Waals surface area contributed by atoms with Gasteiger partial charge in [-0.15, -0.1) is 0 Å². The predicted octanol–water partition coefficient (Wildman–Crippen LogP) is 3.37. The van der Waals surface area contributed by atoms with Gasteiger partial charge in [-0.1, -0.05) is 51.9 Å². The molecule has 0 saturated carbocycles. The fourth-order valence-electron chi connectivity index (χ4n) is 1.53. The zero-order chi connectivity index (χ0) is 12.1. The monoisotopic (exact) mass is 227 g/mol. The highest BCUT2D eigenvalue weighted by atomic mass is 16.5. The van der Waals surface area contributed by atoms with Crippen molar-refractivity contribution in [2.24, 2.45) is 4.99 Å². The second kappa shape index (κ2) is 12.2. The van der Waals surface area contributed by atoms with Crippen LogP contribution in [0.2, 0.25) is 0 Å². The molecule has 0 fully saturated rings. The van der Waals surface area contributed by atoms with Crippen molar-refractivity contribution >= 4 is 12.2 Å². The summed E-state index contributed by atoms with van der Waals surface area (Å²) in [5, 5.41) is 0. The molecular formula is C13H25NO2. The molecule has 0 amide bonds. The Morgan fingerprint density at radius 3 is 2.19 bits per heavy atom. The summed E-state index contributed by atoms with van der Waals surface area (Å²) in [5.41, 5.74) is 0. The Kier molecular flexibility index (Phi) is 11.6. The molecule has 0 atom stereocenters. The molecule has 3 nitrogen and oxygen atoms in total. The maximum Gasteiger partial charge on any atom is 0.348 e. The van der Waals surface area contributed by atoms with E-state index in [1.807, 2.05) is 0 Å². The summed E-state index contributed by atoms with van der Waals surface area (Å²) in [6.07, 6.45) is 11.6. The van der Waals surface area contributed by atoms with Crippen LogP contribution in [0.5, 0.6) is 0 Å².